The molecule has 0 spiro atoms. The minimum Gasteiger partial charge on any atom is -0.430 e. The van der Waals surface area contributed by atoms with Crippen molar-refractivity contribution < 1.29 is 9.22 Å². The monoisotopic (exact) mass is 58.0 g/mol. The molecule has 0 amide bonds. The second kappa shape index (κ2) is 2.25. The molecule has 0 aromatic rings. The normalized spacial score (nSPS) is 4.00. The predicted octanol–water partition coefficient (Wildman–Crippen LogP) is -0.256. The molecule has 0 aliphatic heterocycles. The zero-order valence-corrected chi connectivity index (χ0v) is 2.02. The molecule has 0 aliphatic carbocycles. The van der Waals surface area contributed by atoms with Gasteiger partial charge in [0.2, 0.25) is 0 Å². The van der Waals surface area contributed by atoms with E-state index >= 15 is 0 Å². The van der Waals surface area contributed by atoms with E-state index in [2.05, 4.69) is 11.5 Å². The van der Waals surface area contributed by atoms with Crippen LogP contribution in [0.4, 0.5) is 0 Å². The highest BCUT2D eigenvalue weighted by atomic mass is 16.4. The molecule has 0 aliphatic rings. The Balaban J connectivity index is 3.11. The Hall–Kier alpha value is -0.750. The van der Waals surface area contributed by atoms with Gasteiger partial charge in [-0.25, -0.2) is 0 Å². The first-order valence-electron chi connectivity index (χ1n) is 0.697. The Morgan fingerprint density at radius 2 is 2.25 bits per heavy atom. The minimum atomic E-state index is 1.07. The fraction of sp³-hybridized carbons (Fsp3) is 0. The van der Waals surface area contributed by atoms with Crippen molar-refractivity contribution in [1.82, 2.24) is 0 Å². The van der Waals surface area contributed by atoms with Gasteiger partial charge >= 0.3 is 6.15 Å². The molecule has 0 atom stereocenters. The van der Waals surface area contributed by atoms with Crippen LogP contribution in [0.5, 0.6) is 0 Å². The summed E-state index contributed by atoms with van der Waals surface area (Å²) < 4.78 is 3.49. The number of hydrogen-bond acceptors (Lipinski definition) is 1. The average molecular weight is 58.0 g/mol. The van der Waals surface area contributed by atoms with Crippen LogP contribution in [-0.2, 0) is 9.22 Å². The molecule has 2 heteroatoms. The van der Waals surface area contributed by atoms with Crippen LogP contribution in [-0.4, -0.2) is 6.15 Å². The summed E-state index contributed by atoms with van der Waals surface area (Å²) in [5.41, 5.74) is 0. The van der Waals surface area contributed by atoms with Gasteiger partial charge in [0.25, 0.3) is 0 Å². The highest BCUT2D eigenvalue weighted by Gasteiger charge is 1.31. The van der Waals surface area contributed by atoms with Gasteiger partial charge in [-0.15, -0.1) is 0 Å². The lowest BCUT2D eigenvalue weighted by atomic mass is 11.6. The molecule has 0 rings (SSSR count). The van der Waals surface area contributed by atoms with Crippen LogP contribution in [0.2, 0.25) is 0 Å². The van der Waals surface area contributed by atoms with E-state index in [4.69, 9.17) is 4.79 Å². The fourth-order valence-corrected chi connectivity index (χ4v) is 0. The van der Waals surface area contributed by atoms with E-state index in [0.29, 0.717) is 0 Å². The van der Waals surface area contributed by atoms with E-state index in [0.717, 1.165) is 6.15 Å². The van der Waals surface area contributed by atoms with Crippen LogP contribution in [0.25, 0.3) is 0 Å². The molecule has 0 saturated carbocycles. The molecule has 22 valence electrons. The molecule has 0 bridgehead atoms. The van der Waals surface area contributed by atoms with E-state index < -0.39 is 0 Å². The Labute approximate surface area is 23.7 Å². The Morgan fingerprint density at radius 3 is 2.25 bits per heavy atom. The molecule has 0 fully saturated rings. The Morgan fingerprint density at radius 1 is 2.00 bits per heavy atom. The summed E-state index contributed by atoms with van der Waals surface area (Å²) in [6.07, 6.45) is 1.07. The van der Waals surface area contributed by atoms with E-state index in [1.807, 2.05) is 0 Å². The van der Waals surface area contributed by atoms with Gasteiger partial charge in [-0.1, -0.05) is 0 Å². The second-order valence-electron chi connectivity index (χ2n) is 0.228. The van der Waals surface area contributed by atoms with Crippen molar-refractivity contribution in [2.75, 3.05) is 0 Å². The molecule has 0 saturated heterocycles. The van der Waals surface area contributed by atoms with E-state index in [9.17, 15) is 0 Å². The number of hydrogen-bond donors (Lipinski definition) is 0. The zero-order valence-electron chi connectivity index (χ0n) is 2.02. The summed E-state index contributed by atoms with van der Waals surface area (Å²) in [7, 11) is 2.68. The highest BCUT2D eigenvalue weighted by Crippen LogP contribution is 1.20. The van der Waals surface area contributed by atoms with Crippen LogP contribution in [0.3, 0.4) is 0 Å². The molecule has 0 N–H and O–H groups in total. The van der Waals surface area contributed by atoms with Gasteiger partial charge in [0.05, 0.1) is 0 Å². The maximum atomic E-state index is 8.76. The smallest absolute Gasteiger partial charge is 0.414 e. The van der Waals surface area contributed by atoms with Gasteiger partial charge < -0.3 is 4.42 Å². The van der Waals surface area contributed by atoms with Gasteiger partial charge in [-0.3, -0.25) is 0 Å². The van der Waals surface area contributed by atoms with Crippen molar-refractivity contribution in [3.63, 3.8) is 0 Å². The summed E-state index contributed by atoms with van der Waals surface area (Å²) in [4.78, 5) is 8.76. The molecule has 0 unspecified atom stereocenters. The van der Waals surface area contributed by atoms with Crippen molar-refractivity contribution in [3.05, 3.63) is 7.11 Å². The predicted molar refractivity (Wildman–Crippen MR) is 10.4 cm³/mol. The number of carbonyl (C=O) groups excluding carboxylic acids is 2. The van der Waals surface area contributed by atoms with Crippen LogP contribution < -0.4 is 0 Å². The summed E-state index contributed by atoms with van der Waals surface area (Å²) in [5.74, 6) is 0. The summed E-state index contributed by atoms with van der Waals surface area (Å²) in [6.45, 7) is 0. The van der Waals surface area contributed by atoms with Crippen LogP contribution >= 0.6 is 0 Å². The van der Waals surface area contributed by atoms with Crippen molar-refractivity contribution in [1.29, 1.82) is 0 Å². The molecule has 0 aromatic carbocycles. The third-order valence-electron chi connectivity index (χ3n) is 0.0589. The molecular formula is C2H2O2. The van der Waals surface area contributed by atoms with Crippen molar-refractivity contribution in [2.45, 2.75) is 0 Å². The molecule has 4 heavy (non-hydrogen) atoms. The van der Waals surface area contributed by atoms with Gasteiger partial charge in [0, 0.05) is 7.11 Å². The fourth-order valence-electron chi connectivity index (χ4n) is 0. The molecular weight excluding hydrogens is 56.0 g/mol. The van der Waals surface area contributed by atoms with E-state index in [-0.39, 0.29) is 0 Å². The third-order valence-corrected chi connectivity index (χ3v) is 0.0589. The largest absolute Gasteiger partial charge is 0.430 e. The van der Waals surface area contributed by atoms with E-state index in [1.165, 1.54) is 0 Å². The maximum Gasteiger partial charge on any atom is 0.414 e. The van der Waals surface area contributed by atoms with Crippen molar-refractivity contribution in [2.24, 2.45) is 0 Å². The molecule has 2 nitrogen and oxygen atoms in total. The maximum absolute atomic E-state index is 8.76. The third kappa shape index (κ3) is 1.25. The lowest BCUT2D eigenvalue weighted by molar-refractivity contribution is -0.395. The van der Waals surface area contributed by atoms with Crippen LogP contribution in [0.1, 0.15) is 0 Å². The zero-order chi connectivity index (χ0) is 3.41. The minimum absolute atomic E-state index is 1.07. The second-order valence-corrected chi connectivity index (χ2v) is 0.228. The topological polar surface area (TPSA) is 28.4 Å². The van der Waals surface area contributed by atoms with Gasteiger partial charge in [0.15, 0.2) is 0 Å². The molecule has 0 heterocycles. The standard InChI is InChI=1S/C2H2O2/c1-4-2-3/h1H2. The lowest BCUT2D eigenvalue weighted by Crippen LogP contribution is -1.45. The van der Waals surface area contributed by atoms with Crippen LogP contribution in [0, 0.1) is 7.11 Å². The van der Waals surface area contributed by atoms with Gasteiger partial charge in [-0.2, -0.15) is 0 Å². The first-order valence-corrected chi connectivity index (χ1v) is 0.697. The average Bonchev–Trinajstić information content (AvgIpc) is 1.37. The highest BCUT2D eigenvalue weighted by molar-refractivity contribution is 5.21. The first kappa shape index (κ1) is 3.25. The van der Waals surface area contributed by atoms with E-state index in [1.54, 1.807) is 0 Å². The Bertz CT molecular complexity index is 42.0. The summed E-state index contributed by atoms with van der Waals surface area (Å²) >= 11 is 0. The van der Waals surface area contributed by atoms with Crippen LogP contribution in [0.15, 0.2) is 0 Å². The van der Waals surface area contributed by atoms with Crippen molar-refractivity contribution in [3.8, 4) is 0 Å². The van der Waals surface area contributed by atoms with Crippen molar-refractivity contribution >= 4 is 6.15 Å². The van der Waals surface area contributed by atoms with Gasteiger partial charge in [0.1, 0.15) is 0 Å². The lowest BCUT2D eigenvalue weighted by Gasteiger charge is -1.44. The first-order chi connectivity index (χ1) is 1.91. The number of rotatable bonds is 0. The molecule has 0 aromatic heterocycles. The Kier molecular flexibility index (Phi) is 1.83. The van der Waals surface area contributed by atoms with Gasteiger partial charge in [-0.05, 0) is 4.79 Å². The molecule has 0 radical (unpaired) electrons. The summed E-state index contributed by atoms with van der Waals surface area (Å²) in [6, 6.07) is 0. The quantitative estimate of drug-likeness (QED) is 0.278. The SMILES string of the molecule is [CH2-][O+]=C=O. The summed E-state index contributed by atoms with van der Waals surface area (Å²) in [5, 5.41) is 0.